The molecule has 8 nitrogen and oxygen atoms in total. The fraction of sp³-hybridized carbons (Fsp3) is 0.333. The first-order valence-electron chi connectivity index (χ1n) is 7.18. The van der Waals surface area contributed by atoms with E-state index in [1.807, 2.05) is 32.3 Å². The van der Waals surface area contributed by atoms with Crippen LogP contribution in [-0.4, -0.2) is 43.1 Å². The molecule has 0 atom stereocenters. The van der Waals surface area contributed by atoms with E-state index in [1.54, 1.807) is 17.4 Å². The van der Waals surface area contributed by atoms with Crippen LogP contribution in [0.25, 0.3) is 5.65 Å². The number of carbonyl (C=O) groups is 1. The van der Waals surface area contributed by atoms with Crippen LogP contribution < -0.4 is 5.56 Å². The minimum absolute atomic E-state index is 0.0819. The second-order valence-electron chi connectivity index (χ2n) is 5.38. The fourth-order valence-corrected chi connectivity index (χ4v) is 3.13. The van der Waals surface area contributed by atoms with E-state index in [2.05, 4.69) is 20.0 Å². The molecule has 0 fully saturated rings. The molecule has 0 saturated heterocycles. The number of carboxylic acid groups (broad SMARTS) is 1. The SMILES string of the molecule is Cc1csc(CN(C)Cc2cc(=O)n3[nH]c(C)cc3n2)n1.O=CO. The summed E-state index contributed by atoms with van der Waals surface area (Å²) in [6.07, 6.45) is 0. The van der Waals surface area contributed by atoms with Crippen LogP contribution in [0.4, 0.5) is 0 Å². The Hall–Kier alpha value is -2.52. The minimum Gasteiger partial charge on any atom is -0.483 e. The monoisotopic (exact) mass is 349 g/mol. The van der Waals surface area contributed by atoms with Crippen LogP contribution in [0.5, 0.6) is 0 Å². The van der Waals surface area contributed by atoms with Gasteiger partial charge < -0.3 is 5.11 Å². The van der Waals surface area contributed by atoms with Gasteiger partial charge in [0.05, 0.1) is 12.2 Å². The predicted molar refractivity (Wildman–Crippen MR) is 91.3 cm³/mol. The Kier molecular flexibility index (Phi) is 5.83. The number of hydrogen-bond donors (Lipinski definition) is 2. The third-order valence-electron chi connectivity index (χ3n) is 3.14. The van der Waals surface area contributed by atoms with E-state index >= 15 is 0 Å². The molecule has 9 heteroatoms. The van der Waals surface area contributed by atoms with Crippen molar-refractivity contribution < 1.29 is 9.90 Å². The maximum absolute atomic E-state index is 12.0. The van der Waals surface area contributed by atoms with Crippen LogP contribution in [0.2, 0.25) is 0 Å². The molecule has 0 aliphatic carbocycles. The van der Waals surface area contributed by atoms with Crippen molar-refractivity contribution in [2.75, 3.05) is 7.05 Å². The lowest BCUT2D eigenvalue weighted by molar-refractivity contribution is -0.122. The third-order valence-corrected chi connectivity index (χ3v) is 4.09. The van der Waals surface area contributed by atoms with Gasteiger partial charge in [-0.05, 0) is 20.9 Å². The van der Waals surface area contributed by atoms with E-state index in [-0.39, 0.29) is 12.0 Å². The van der Waals surface area contributed by atoms with Crippen molar-refractivity contribution >= 4 is 23.5 Å². The zero-order valence-electron chi connectivity index (χ0n) is 13.7. The number of aromatic nitrogens is 4. The fourth-order valence-electron chi connectivity index (χ4n) is 2.28. The maximum Gasteiger partial charge on any atom is 0.290 e. The predicted octanol–water partition coefficient (Wildman–Crippen LogP) is 1.43. The van der Waals surface area contributed by atoms with Gasteiger partial charge in [-0.2, -0.15) is 0 Å². The summed E-state index contributed by atoms with van der Waals surface area (Å²) in [4.78, 5) is 31.5. The van der Waals surface area contributed by atoms with Gasteiger partial charge in [0.1, 0.15) is 5.01 Å². The molecule has 2 N–H and O–H groups in total. The van der Waals surface area contributed by atoms with E-state index in [9.17, 15) is 4.79 Å². The summed E-state index contributed by atoms with van der Waals surface area (Å²) in [5.74, 6) is 0. The molecule has 3 aromatic rings. The van der Waals surface area contributed by atoms with Gasteiger partial charge in [-0.3, -0.25) is 19.6 Å². The highest BCUT2D eigenvalue weighted by Crippen LogP contribution is 2.12. The number of aryl methyl sites for hydroxylation is 2. The van der Waals surface area contributed by atoms with Gasteiger partial charge in [-0.1, -0.05) is 0 Å². The normalized spacial score (nSPS) is 10.7. The first-order valence-corrected chi connectivity index (χ1v) is 8.06. The van der Waals surface area contributed by atoms with Gasteiger partial charge in [0, 0.05) is 35.4 Å². The first kappa shape index (κ1) is 17.8. The Morgan fingerprint density at radius 1 is 1.33 bits per heavy atom. The highest BCUT2D eigenvalue weighted by atomic mass is 32.1. The third kappa shape index (κ3) is 4.49. The van der Waals surface area contributed by atoms with E-state index in [0.717, 1.165) is 28.6 Å². The number of rotatable bonds is 4. The lowest BCUT2D eigenvalue weighted by atomic mass is 10.3. The summed E-state index contributed by atoms with van der Waals surface area (Å²) >= 11 is 1.65. The summed E-state index contributed by atoms with van der Waals surface area (Å²) in [6, 6.07) is 3.45. The van der Waals surface area contributed by atoms with Crippen molar-refractivity contribution in [1.82, 2.24) is 24.5 Å². The smallest absolute Gasteiger partial charge is 0.290 e. The number of H-pyrrole nitrogens is 1. The summed E-state index contributed by atoms with van der Waals surface area (Å²) in [5.41, 5.74) is 3.32. The van der Waals surface area contributed by atoms with Crippen molar-refractivity contribution in [3.63, 3.8) is 0 Å². The largest absolute Gasteiger partial charge is 0.483 e. The van der Waals surface area contributed by atoms with Gasteiger partial charge in [0.25, 0.3) is 12.0 Å². The number of aromatic amines is 1. The van der Waals surface area contributed by atoms with Crippen LogP contribution >= 0.6 is 11.3 Å². The second kappa shape index (κ2) is 7.84. The van der Waals surface area contributed by atoms with Crippen molar-refractivity contribution in [1.29, 1.82) is 0 Å². The molecule has 3 rings (SSSR count). The van der Waals surface area contributed by atoms with E-state index < -0.39 is 0 Å². The molecule has 24 heavy (non-hydrogen) atoms. The summed E-state index contributed by atoms with van der Waals surface area (Å²) < 4.78 is 1.46. The molecule has 0 spiro atoms. The molecule has 0 saturated carbocycles. The van der Waals surface area contributed by atoms with Crippen LogP contribution in [0.3, 0.4) is 0 Å². The van der Waals surface area contributed by atoms with Crippen molar-refractivity contribution in [3.8, 4) is 0 Å². The Morgan fingerprint density at radius 2 is 2.04 bits per heavy atom. The molecular formula is C15H19N5O3S. The Balaban J connectivity index is 0.000000647. The number of nitrogens with zero attached hydrogens (tertiary/aromatic N) is 4. The van der Waals surface area contributed by atoms with Crippen molar-refractivity contribution in [2.24, 2.45) is 0 Å². The van der Waals surface area contributed by atoms with E-state index in [0.29, 0.717) is 12.2 Å². The Bertz CT molecular complexity index is 883. The molecule has 0 bridgehead atoms. The molecule has 0 radical (unpaired) electrons. The zero-order valence-corrected chi connectivity index (χ0v) is 14.5. The summed E-state index contributed by atoms with van der Waals surface area (Å²) in [5, 5.41) is 13.0. The van der Waals surface area contributed by atoms with Gasteiger partial charge >= 0.3 is 0 Å². The van der Waals surface area contributed by atoms with Gasteiger partial charge in [0.2, 0.25) is 0 Å². The lowest BCUT2D eigenvalue weighted by Crippen LogP contribution is -2.21. The van der Waals surface area contributed by atoms with Crippen molar-refractivity contribution in [3.05, 3.63) is 50.0 Å². The Morgan fingerprint density at radius 3 is 2.67 bits per heavy atom. The van der Waals surface area contributed by atoms with Gasteiger partial charge in [-0.15, -0.1) is 11.3 Å². The van der Waals surface area contributed by atoms with E-state index in [1.165, 1.54) is 4.52 Å². The van der Waals surface area contributed by atoms with Crippen LogP contribution in [0, 0.1) is 13.8 Å². The zero-order chi connectivity index (χ0) is 17.7. The molecule has 0 amide bonds. The number of thiazole rings is 1. The Labute approximate surface area is 142 Å². The van der Waals surface area contributed by atoms with Gasteiger partial charge in [0.15, 0.2) is 5.65 Å². The molecule has 3 heterocycles. The van der Waals surface area contributed by atoms with Crippen LogP contribution in [-0.2, 0) is 17.9 Å². The number of nitrogens with one attached hydrogen (secondary N) is 1. The topological polar surface area (TPSA) is 104 Å². The summed E-state index contributed by atoms with van der Waals surface area (Å²) in [7, 11) is 2.00. The minimum atomic E-state index is -0.250. The molecule has 3 aromatic heterocycles. The molecule has 0 aliphatic rings. The maximum atomic E-state index is 12.0. The average molecular weight is 349 g/mol. The quantitative estimate of drug-likeness (QED) is 0.691. The summed E-state index contributed by atoms with van der Waals surface area (Å²) in [6.45, 7) is 5.02. The molecule has 0 unspecified atom stereocenters. The number of hydrogen-bond acceptors (Lipinski definition) is 6. The highest BCUT2D eigenvalue weighted by molar-refractivity contribution is 7.09. The number of fused-ring (bicyclic) bond motifs is 1. The van der Waals surface area contributed by atoms with Gasteiger partial charge in [-0.25, -0.2) is 14.5 Å². The molecule has 0 aliphatic heterocycles. The van der Waals surface area contributed by atoms with Crippen molar-refractivity contribution in [2.45, 2.75) is 26.9 Å². The first-order chi connectivity index (χ1) is 11.4. The lowest BCUT2D eigenvalue weighted by Gasteiger charge is -2.14. The van der Waals surface area contributed by atoms with E-state index in [4.69, 9.17) is 9.90 Å². The second-order valence-corrected chi connectivity index (χ2v) is 6.32. The molecule has 128 valence electrons. The molecular weight excluding hydrogens is 330 g/mol. The highest BCUT2D eigenvalue weighted by Gasteiger charge is 2.09. The standard InChI is InChI=1S/C14H17N5OS.CH2O2/c1-9-4-12-16-11(5-14(20)19(12)17-9)6-18(3)7-13-15-10(2)8-21-13;2-1-3/h4-5,8,17H,6-7H2,1-3H3;1H,(H,2,3). The molecule has 0 aromatic carbocycles. The average Bonchev–Trinajstić information content (AvgIpc) is 3.05. The van der Waals surface area contributed by atoms with Crippen LogP contribution in [0.1, 0.15) is 22.1 Å². The van der Waals surface area contributed by atoms with Crippen LogP contribution in [0.15, 0.2) is 22.3 Å².